The third-order valence-corrected chi connectivity index (χ3v) is 12.5. The van der Waals surface area contributed by atoms with Gasteiger partial charge in [-0.15, -0.1) is 0 Å². The van der Waals surface area contributed by atoms with Crippen LogP contribution in [0.25, 0.3) is 0 Å². The quantitative estimate of drug-likeness (QED) is 0.389. The van der Waals surface area contributed by atoms with Gasteiger partial charge in [0.05, 0.1) is 5.60 Å². The minimum Gasteiger partial charge on any atom is -0.375 e. The summed E-state index contributed by atoms with van der Waals surface area (Å²) >= 11 is 0. The smallest absolute Gasteiger partial charge is 0.138 e. The fraction of sp³-hybridized carbons (Fsp3) is 0.903. The van der Waals surface area contributed by atoms with Crippen LogP contribution < -0.4 is 0 Å². The summed E-state index contributed by atoms with van der Waals surface area (Å²) in [7, 11) is 1.80. The Balaban J connectivity index is 1.56. The van der Waals surface area contributed by atoms with Gasteiger partial charge in [-0.3, -0.25) is 4.79 Å². The summed E-state index contributed by atoms with van der Waals surface area (Å²) in [5.74, 6) is 4.27. The highest BCUT2D eigenvalue weighted by molar-refractivity contribution is 5.85. The second-order valence-corrected chi connectivity index (χ2v) is 14.4. The van der Waals surface area contributed by atoms with Crippen LogP contribution in [-0.4, -0.2) is 18.5 Å². The summed E-state index contributed by atoms with van der Waals surface area (Å²) in [4.78, 5) is 12.8. The maximum Gasteiger partial charge on any atom is 0.138 e. The Morgan fingerprint density at radius 3 is 2.30 bits per heavy atom. The molecule has 188 valence electrons. The fourth-order valence-corrected chi connectivity index (χ4v) is 10.1. The second-order valence-electron chi connectivity index (χ2n) is 14.4. The molecule has 4 fully saturated rings. The molecule has 0 spiro atoms. The lowest BCUT2D eigenvalue weighted by Crippen LogP contribution is -2.61. The molecule has 8 atom stereocenters. The maximum atomic E-state index is 12.8. The van der Waals surface area contributed by atoms with Gasteiger partial charge in [-0.2, -0.15) is 0 Å². The van der Waals surface area contributed by atoms with Crippen molar-refractivity contribution in [3.8, 4) is 0 Å². The molecule has 0 aromatic rings. The van der Waals surface area contributed by atoms with E-state index in [2.05, 4.69) is 67.5 Å². The van der Waals surface area contributed by atoms with Crippen LogP contribution in [-0.2, 0) is 9.53 Å². The zero-order valence-corrected chi connectivity index (χ0v) is 23.2. The SMILES string of the molecule is COC(C)(C)/C=C/C[C@H](C)[C@@H]1CC[C@]2(C)[C@H]3CC[C@@H]4C(C)(C)C(=O)CC[C@]4(C)[C@@H]3CC[C@@]12C. The van der Waals surface area contributed by atoms with E-state index in [1.165, 1.54) is 38.5 Å². The predicted molar refractivity (Wildman–Crippen MR) is 138 cm³/mol. The molecule has 4 aliphatic rings. The van der Waals surface area contributed by atoms with Crippen molar-refractivity contribution in [1.82, 2.24) is 0 Å². The second kappa shape index (κ2) is 8.21. The first-order valence-electron chi connectivity index (χ1n) is 14.0. The third-order valence-electron chi connectivity index (χ3n) is 12.5. The lowest BCUT2D eigenvalue weighted by atomic mass is 9.38. The van der Waals surface area contributed by atoms with Crippen molar-refractivity contribution in [2.24, 2.45) is 51.2 Å². The molecule has 0 N–H and O–H groups in total. The van der Waals surface area contributed by atoms with Crippen LogP contribution in [0.5, 0.6) is 0 Å². The zero-order chi connectivity index (χ0) is 24.4. The van der Waals surface area contributed by atoms with Crippen molar-refractivity contribution in [2.75, 3.05) is 7.11 Å². The van der Waals surface area contributed by atoms with Gasteiger partial charge in [0.15, 0.2) is 0 Å². The van der Waals surface area contributed by atoms with Gasteiger partial charge >= 0.3 is 0 Å². The van der Waals surface area contributed by atoms with Gasteiger partial charge in [0, 0.05) is 18.9 Å². The van der Waals surface area contributed by atoms with Crippen LogP contribution in [0.4, 0.5) is 0 Å². The van der Waals surface area contributed by atoms with E-state index in [1.54, 1.807) is 7.11 Å². The first kappa shape index (κ1) is 25.5. The number of ether oxygens (including phenoxy) is 1. The summed E-state index contributed by atoms with van der Waals surface area (Å²) in [5, 5.41) is 0. The van der Waals surface area contributed by atoms with E-state index in [9.17, 15) is 4.79 Å². The van der Waals surface area contributed by atoms with Crippen LogP contribution in [0.2, 0.25) is 0 Å². The molecule has 0 aromatic carbocycles. The molecule has 2 heteroatoms. The number of carbonyl (C=O) groups excluding carboxylic acids is 1. The normalized spacial score (nSPS) is 46.0. The van der Waals surface area contributed by atoms with Crippen LogP contribution in [0, 0.1) is 51.2 Å². The monoisotopic (exact) mass is 456 g/mol. The van der Waals surface area contributed by atoms with E-state index < -0.39 is 0 Å². The molecule has 0 aromatic heterocycles. The molecule has 2 nitrogen and oxygen atoms in total. The summed E-state index contributed by atoms with van der Waals surface area (Å²) in [5.41, 5.74) is 0.942. The van der Waals surface area contributed by atoms with Crippen molar-refractivity contribution in [3.05, 3.63) is 12.2 Å². The van der Waals surface area contributed by atoms with E-state index in [4.69, 9.17) is 4.74 Å². The molecular weight excluding hydrogens is 404 g/mol. The van der Waals surface area contributed by atoms with Crippen LogP contribution >= 0.6 is 0 Å². The number of carbonyl (C=O) groups is 1. The fourth-order valence-electron chi connectivity index (χ4n) is 10.1. The lowest BCUT2D eigenvalue weighted by Gasteiger charge is -2.66. The Morgan fingerprint density at radius 2 is 1.64 bits per heavy atom. The molecule has 4 rings (SSSR count). The number of allylic oxidation sites excluding steroid dienone is 1. The number of hydrogen-bond donors (Lipinski definition) is 0. The number of ketones is 1. The Bertz CT molecular complexity index is 793. The number of rotatable bonds is 5. The van der Waals surface area contributed by atoms with Gasteiger partial charge in [-0.25, -0.2) is 0 Å². The highest BCUT2D eigenvalue weighted by atomic mass is 16.5. The molecular formula is C31H52O2. The molecule has 4 aliphatic carbocycles. The van der Waals surface area contributed by atoms with E-state index in [1.807, 2.05) is 0 Å². The van der Waals surface area contributed by atoms with Crippen molar-refractivity contribution < 1.29 is 9.53 Å². The molecule has 0 unspecified atom stereocenters. The minimum atomic E-state index is -0.172. The van der Waals surface area contributed by atoms with Crippen molar-refractivity contribution in [1.29, 1.82) is 0 Å². The minimum absolute atomic E-state index is 0.130. The lowest BCUT2D eigenvalue weighted by molar-refractivity contribution is -0.183. The predicted octanol–water partition coefficient (Wildman–Crippen LogP) is 8.25. The highest BCUT2D eigenvalue weighted by Crippen LogP contribution is 2.74. The van der Waals surface area contributed by atoms with Gasteiger partial charge < -0.3 is 4.74 Å². The van der Waals surface area contributed by atoms with Gasteiger partial charge in [0.2, 0.25) is 0 Å². The van der Waals surface area contributed by atoms with Gasteiger partial charge in [0.1, 0.15) is 5.78 Å². The van der Waals surface area contributed by atoms with Crippen LogP contribution in [0.3, 0.4) is 0 Å². The zero-order valence-electron chi connectivity index (χ0n) is 23.2. The average Bonchev–Trinajstić information content (AvgIpc) is 3.02. The van der Waals surface area contributed by atoms with E-state index in [0.717, 1.165) is 42.9 Å². The molecule has 0 aliphatic heterocycles. The summed E-state index contributed by atoms with van der Waals surface area (Å²) in [6.07, 6.45) is 15.9. The average molecular weight is 457 g/mol. The number of hydrogen-bond acceptors (Lipinski definition) is 2. The number of methoxy groups -OCH3 is 1. The standard InChI is InChI=1S/C31H52O2/c1-21(11-10-17-27(2,3)33-9)22-14-19-31(8)24-12-13-25-28(4,5)26(32)16-18-29(25,6)23(24)15-20-30(22,31)7/h10,17,21-25H,11-16,18-20H2,1-9H3/b17-10+/t21-,22-,23+,24-,25+,29+,30-,31+/m0/s1. The van der Waals surface area contributed by atoms with E-state index in [0.29, 0.717) is 27.9 Å². The van der Waals surface area contributed by atoms with Crippen LogP contribution in [0.15, 0.2) is 12.2 Å². The van der Waals surface area contributed by atoms with Crippen LogP contribution in [0.1, 0.15) is 113 Å². The van der Waals surface area contributed by atoms with Gasteiger partial charge in [-0.1, -0.05) is 53.7 Å². The Labute approximate surface area is 204 Å². The first-order valence-corrected chi connectivity index (χ1v) is 14.0. The Hall–Kier alpha value is -0.630. The topological polar surface area (TPSA) is 26.3 Å². The van der Waals surface area contributed by atoms with Crippen molar-refractivity contribution in [3.63, 3.8) is 0 Å². The molecule has 0 bridgehead atoms. The van der Waals surface area contributed by atoms with E-state index >= 15 is 0 Å². The van der Waals surface area contributed by atoms with Gasteiger partial charge in [0.25, 0.3) is 0 Å². The van der Waals surface area contributed by atoms with Gasteiger partial charge in [-0.05, 0) is 111 Å². The van der Waals surface area contributed by atoms with E-state index in [-0.39, 0.29) is 11.0 Å². The molecule has 0 saturated heterocycles. The number of Topliss-reactive ketones (excluding diaryl/α,β-unsaturated/α-hetero) is 1. The Kier molecular flexibility index (Phi) is 6.33. The van der Waals surface area contributed by atoms with Crippen molar-refractivity contribution in [2.45, 2.75) is 119 Å². The molecule has 0 amide bonds. The molecule has 4 saturated carbocycles. The molecule has 0 heterocycles. The summed E-state index contributed by atoms with van der Waals surface area (Å²) in [6, 6.07) is 0. The third kappa shape index (κ3) is 3.71. The largest absolute Gasteiger partial charge is 0.375 e. The summed E-state index contributed by atoms with van der Waals surface area (Å²) < 4.78 is 5.59. The maximum absolute atomic E-state index is 12.8. The molecule has 0 radical (unpaired) electrons. The first-order chi connectivity index (χ1) is 15.2. The summed E-state index contributed by atoms with van der Waals surface area (Å²) in [6.45, 7) is 19.3. The van der Waals surface area contributed by atoms with Crippen molar-refractivity contribution >= 4 is 5.78 Å². The Morgan fingerprint density at radius 1 is 0.970 bits per heavy atom. The molecule has 33 heavy (non-hydrogen) atoms. The highest BCUT2D eigenvalue weighted by Gasteiger charge is 2.67. The number of fused-ring (bicyclic) bond motifs is 5.